The number of nitrogens with zero attached hydrogens (tertiary/aromatic N) is 1. The van der Waals surface area contributed by atoms with Gasteiger partial charge in [-0.1, -0.05) is 19.0 Å². The third-order valence-electron chi connectivity index (χ3n) is 2.19. The van der Waals surface area contributed by atoms with E-state index in [4.69, 9.17) is 8.94 Å². The van der Waals surface area contributed by atoms with E-state index in [1.54, 1.807) is 6.07 Å². The minimum absolute atomic E-state index is 0.146. The molecule has 0 radical (unpaired) electrons. The van der Waals surface area contributed by atoms with Gasteiger partial charge < -0.3 is 14.3 Å². The molecule has 0 bridgehead atoms. The highest BCUT2D eigenvalue weighted by Gasteiger charge is 2.18. The minimum atomic E-state index is -0.341. The molecule has 17 heavy (non-hydrogen) atoms. The zero-order chi connectivity index (χ0) is 12.4. The molecule has 2 rings (SSSR count). The zero-order valence-corrected chi connectivity index (χ0v) is 10.9. The van der Waals surface area contributed by atoms with Crippen LogP contribution in [-0.4, -0.2) is 11.1 Å². The first-order valence-electron chi connectivity index (χ1n) is 5.08. The second-order valence-corrected chi connectivity index (χ2v) is 4.66. The van der Waals surface area contributed by atoms with E-state index in [0.29, 0.717) is 15.9 Å². The van der Waals surface area contributed by atoms with E-state index in [-0.39, 0.29) is 17.6 Å². The summed E-state index contributed by atoms with van der Waals surface area (Å²) in [6, 6.07) is 1.66. The highest BCUT2D eigenvalue weighted by Crippen LogP contribution is 2.25. The number of hydrogen-bond acceptors (Lipinski definition) is 4. The molecule has 6 heteroatoms. The first-order chi connectivity index (χ1) is 8.09. The molecule has 2 aromatic heterocycles. The highest BCUT2D eigenvalue weighted by atomic mass is 79.9. The van der Waals surface area contributed by atoms with E-state index in [1.807, 2.05) is 13.8 Å². The molecule has 0 aliphatic heterocycles. The van der Waals surface area contributed by atoms with Crippen molar-refractivity contribution in [2.75, 3.05) is 5.32 Å². The standard InChI is InChI=1S/C11H11BrN2O3/c1-6(2)9-8(5-13-17-9)14-11(15)10-7(12)3-4-16-10/h3-6H,1-2H3,(H,14,15). The van der Waals surface area contributed by atoms with E-state index in [9.17, 15) is 4.79 Å². The monoisotopic (exact) mass is 298 g/mol. The summed E-state index contributed by atoms with van der Waals surface area (Å²) in [5, 5.41) is 6.36. The number of rotatable bonds is 3. The Bertz CT molecular complexity index is 530. The lowest BCUT2D eigenvalue weighted by molar-refractivity contribution is 0.0995. The lowest BCUT2D eigenvalue weighted by Gasteiger charge is -2.04. The number of furan rings is 1. The zero-order valence-electron chi connectivity index (χ0n) is 9.36. The van der Waals surface area contributed by atoms with Crippen LogP contribution in [0.4, 0.5) is 5.69 Å². The topological polar surface area (TPSA) is 68.3 Å². The van der Waals surface area contributed by atoms with Gasteiger partial charge in [0.15, 0.2) is 5.76 Å². The quantitative estimate of drug-likeness (QED) is 0.943. The lowest BCUT2D eigenvalue weighted by Crippen LogP contribution is -2.12. The van der Waals surface area contributed by atoms with Crippen molar-refractivity contribution in [2.24, 2.45) is 0 Å². The van der Waals surface area contributed by atoms with Gasteiger partial charge in [-0.2, -0.15) is 0 Å². The number of amides is 1. The van der Waals surface area contributed by atoms with Crippen LogP contribution in [0.5, 0.6) is 0 Å². The summed E-state index contributed by atoms with van der Waals surface area (Å²) < 4.78 is 10.7. The molecule has 0 saturated heterocycles. The summed E-state index contributed by atoms with van der Waals surface area (Å²) in [4.78, 5) is 11.9. The van der Waals surface area contributed by atoms with Gasteiger partial charge in [-0.05, 0) is 22.0 Å². The lowest BCUT2D eigenvalue weighted by atomic mass is 10.1. The highest BCUT2D eigenvalue weighted by molar-refractivity contribution is 9.10. The number of halogens is 1. The largest absolute Gasteiger partial charge is 0.458 e. The summed E-state index contributed by atoms with van der Waals surface area (Å²) in [7, 11) is 0. The number of anilines is 1. The molecule has 0 unspecified atom stereocenters. The Morgan fingerprint density at radius 3 is 2.88 bits per heavy atom. The SMILES string of the molecule is CC(C)c1oncc1NC(=O)c1occc1Br. The van der Waals surface area contributed by atoms with Crippen molar-refractivity contribution < 1.29 is 13.7 Å². The van der Waals surface area contributed by atoms with E-state index >= 15 is 0 Å². The van der Waals surface area contributed by atoms with Crippen LogP contribution in [0.3, 0.4) is 0 Å². The van der Waals surface area contributed by atoms with Gasteiger partial charge in [-0.15, -0.1) is 0 Å². The van der Waals surface area contributed by atoms with Crippen molar-refractivity contribution in [2.45, 2.75) is 19.8 Å². The summed E-state index contributed by atoms with van der Waals surface area (Å²) >= 11 is 3.22. The van der Waals surface area contributed by atoms with Crippen LogP contribution in [0, 0.1) is 0 Å². The fourth-order valence-electron chi connectivity index (χ4n) is 1.39. The van der Waals surface area contributed by atoms with E-state index in [1.165, 1.54) is 12.5 Å². The minimum Gasteiger partial charge on any atom is -0.458 e. The van der Waals surface area contributed by atoms with Crippen LogP contribution in [0.15, 0.2) is 31.9 Å². The Hall–Kier alpha value is -1.56. The average molecular weight is 299 g/mol. The normalized spacial score (nSPS) is 10.8. The molecule has 1 N–H and O–H groups in total. The van der Waals surface area contributed by atoms with Gasteiger partial charge in [0.1, 0.15) is 5.69 Å². The second-order valence-electron chi connectivity index (χ2n) is 3.81. The van der Waals surface area contributed by atoms with Crippen LogP contribution < -0.4 is 5.32 Å². The molecule has 0 spiro atoms. The summed E-state index contributed by atoms with van der Waals surface area (Å²) in [6.07, 6.45) is 2.92. The van der Waals surface area contributed by atoms with Crippen LogP contribution >= 0.6 is 15.9 Å². The molecule has 5 nitrogen and oxygen atoms in total. The van der Waals surface area contributed by atoms with Gasteiger partial charge in [0, 0.05) is 5.92 Å². The summed E-state index contributed by atoms with van der Waals surface area (Å²) in [6.45, 7) is 3.91. The first kappa shape index (κ1) is 11.9. The molecule has 0 aliphatic carbocycles. The second kappa shape index (κ2) is 4.75. The predicted octanol–water partition coefficient (Wildman–Crippen LogP) is 3.41. The third kappa shape index (κ3) is 2.41. The van der Waals surface area contributed by atoms with E-state index in [0.717, 1.165) is 0 Å². The maximum Gasteiger partial charge on any atom is 0.292 e. The van der Waals surface area contributed by atoms with E-state index < -0.39 is 0 Å². The molecular weight excluding hydrogens is 288 g/mol. The Morgan fingerprint density at radius 1 is 1.53 bits per heavy atom. The van der Waals surface area contributed by atoms with Crippen LogP contribution in [-0.2, 0) is 0 Å². The number of hydrogen-bond donors (Lipinski definition) is 1. The number of carbonyl (C=O) groups excluding carboxylic acids is 1. The average Bonchev–Trinajstić information content (AvgIpc) is 2.86. The van der Waals surface area contributed by atoms with Crippen molar-refractivity contribution in [3.8, 4) is 0 Å². The van der Waals surface area contributed by atoms with Gasteiger partial charge >= 0.3 is 0 Å². The molecule has 90 valence electrons. The van der Waals surface area contributed by atoms with Crippen LogP contribution in [0.25, 0.3) is 0 Å². The van der Waals surface area contributed by atoms with Crippen molar-refractivity contribution >= 4 is 27.5 Å². The maximum absolute atomic E-state index is 11.9. The molecule has 0 aliphatic rings. The molecule has 1 amide bonds. The molecular formula is C11H11BrN2O3. The Balaban J connectivity index is 2.19. The summed E-state index contributed by atoms with van der Waals surface area (Å²) in [5.41, 5.74) is 0.563. The van der Waals surface area contributed by atoms with Crippen LogP contribution in [0.2, 0.25) is 0 Å². The van der Waals surface area contributed by atoms with Gasteiger partial charge in [-0.25, -0.2) is 0 Å². The maximum atomic E-state index is 11.9. The first-order valence-corrected chi connectivity index (χ1v) is 5.87. The molecule has 0 fully saturated rings. The van der Waals surface area contributed by atoms with Gasteiger partial charge in [0.2, 0.25) is 5.76 Å². The van der Waals surface area contributed by atoms with Crippen LogP contribution in [0.1, 0.15) is 36.1 Å². The molecule has 2 aromatic rings. The number of carbonyl (C=O) groups is 1. The van der Waals surface area contributed by atoms with Gasteiger partial charge in [-0.3, -0.25) is 4.79 Å². The summed E-state index contributed by atoms with van der Waals surface area (Å²) in [5.74, 6) is 0.668. The number of nitrogens with one attached hydrogen (secondary N) is 1. The Morgan fingerprint density at radius 2 is 2.29 bits per heavy atom. The van der Waals surface area contributed by atoms with Gasteiger partial charge in [0.05, 0.1) is 16.9 Å². The fraction of sp³-hybridized carbons (Fsp3) is 0.273. The fourth-order valence-corrected chi connectivity index (χ4v) is 1.78. The smallest absolute Gasteiger partial charge is 0.292 e. The molecule has 2 heterocycles. The Kier molecular flexibility index (Phi) is 3.33. The van der Waals surface area contributed by atoms with Crippen molar-refractivity contribution in [3.05, 3.63) is 34.5 Å². The van der Waals surface area contributed by atoms with Crippen molar-refractivity contribution in [1.29, 1.82) is 0 Å². The number of aromatic nitrogens is 1. The molecule has 0 atom stereocenters. The van der Waals surface area contributed by atoms with Crippen molar-refractivity contribution in [3.63, 3.8) is 0 Å². The Labute approximate surface area is 106 Å². The molecule has 0 saturated carbocycles. The van der Waals surface area contributed by atoms with Gasteiger partial charge in [0.25, 0.3) is 5.91 Å². The third-order valence-corrected chi connectivity index (χ3v) is 2.82. The predicted molar refractivity (Wildman–Crippen MR) is 65.0 cm³/mol. The van der Waals surface area contributed by atoms with E-state index in [2.05, 4.69) is 26.4 Å². The molecule has 0 aromatic carbocycles. The van der Waals surface area contributed by atoms with Crippen molar-refractivity contribution in [1.82, 2.24) is 5.16 Å².